The van der Waals surface area contributed by atoms with Crippen LogP contribution in [0.15, 0.2) is 0 Å². The molecular formula is C12H27N3O. The Morgan fingerprint density at radius 1 is 1.25 bits per heavy atom. The molecule has 0 aromatic carbocycles. The molecule has 1 rings (SSSR count). The third kappa shape index (κ3) is 4.37. The van der Waals surface area contributed by atoms with Gasteiger partial charge < -0.3 is 15.7 Å². The molecule has 0 aromatic heterocycles. The molecule has 1 aliphatic rings. The van der Waals surface area contributed by atoms with Crippen LogP contribution in [0.25, 0.3) is 0 Å². The van der Waals surface area contributed by atoms with Gasteiger partial charge in [-0.2, -0.15) is 0 Å². The Labute approximate surface area is 99.4 Å². The molecule has 4 nitrogen and oxygen atoms in total. The summed E-state index contributed by atoms with van der Waals surface area (Å²) in [7, 11) is 0. The minimum absolute atomic E-state index is 0.346. The summed E-state index contributed by atoms with van der Waals surface area (Å²) in [5, 5.41) is 9.83. The zero-order valence-electron chi connectivity index (χ0n) is 10.9. The number of nitrogens with zero attached hydrogens (tertiary/aromatic N) is 2. The van der Waals surface area contributed by atoms with Crippen LogP contribution in [0.3, 0.4) is 0 Å². The van der Waals surface area contributed by atoms with Crippen molar-refractivity contribution >= 4 is 0 Å². The van der Waals surface area contributed by atoms with Crippen LogP contribution >= 0.6 is 0 Å². The molecule has 3 N–H and O–H groups in total. The molecule has 16 heavy (non-hydrogen) atoms. The van der Waals surface area contributed by atoms with Crippen LogP contribution in [0.1, 0.15) is 27.2 Å². The van der Waals surface area contributed by atoms with Crippen LogP contribution in [0, 0.1) is 0 Å². The Balaban J connectivity index is 2.22. The number of hydrogen-bond acceptors (Lipinski definition) is 4. The molecule has 1 atom stereocenters. The third-order valence-electron chi connectivity index (χ3n) is 3.54. The van der Waals surface area contributed by atoms with E-state index in [9.17, 15) is 5.11 Å². The first-order chi connectivity index (χ1) is 7.44. The normalized spacial score (nSPS) is 23.6. The summed E-state index contributed by atoms with van der Waals surface area (Å²) in [4.78, 5) is 4.92. The van der Waals surface area contributed by atoms with Gasteiger partial charge in [0.05, 0.1) is 5.60 Å². The third-order valence-corrected chi connectivity index (χ3v) is 3.54. The van der Waals surface area contributed by atoms with Crippen molar-refractivity contribution in [3.63, 3.8) is 0 Å². The van der Waals surface area contributed by atoms with E-state index in [-0.39, 0.29) is 0 Å². The fraction of sp³-hybridized carbons (Fsp3) is 1.00. The molecular weight excluding hydrogens is 202 g/mol. The lowest BCUT2D eigenvalue weighted by atomic mass is 10.0. The van der Waals surface area contributed by atoms with Crippen molar-refractivity contribution in [2.75, 3.05) is 39.3 Å². The van der Waals surface area contributed by atoms with E-state index in [1.807, 2.05) is 6.92 Å². The maximum absolute atomic E-state index is 9.83. The zero-order chi connectivity index (χ0) is 12.2. The van der Waals surface area contributed by atoms with Gasteiger partial charge in [0.2, 0.25) is 0 Å². The van der Waals surface area contributed by atoms with E-state index >= 15 is 0 Å². The minimum atomic E-state index is -0.699. The van der Waals surface area contributed by atoms with Crippen molar-refractivity contribution in [2.24, 2.45) is 5.73 Å². The molecule has 1 heterocycles. The van der Waals surface area contributed by atoms with Gasteiger partial charge >= 0.3 is 0 Å². The summed E-state index contributed by atoms with van der Waals surface area (Å²) in [6.07, 6.45) is 0.769. The van der Waals surface area contributed by atoms with Gasteiger partial charge in [-0.05, 0) is 27.2 Å². The lowest BCUT2D eigenvalue weighted by Gasteiger charge is -2.37. The van der Waals surface area contributed by atoms with Crippen LogP contribution in [0.5, 0.6) is 0 Å². The molecule has 0 aliphatic carbocycles. The Bertz CT molecular complexity index is 198. The van der Waals surface area contributed by atoms with Crippen LogP contribution in [-0.4, -0.2) is 65.8 Å². The van der Waals surface area contributed by atoms with E-state index in [1.54, 1.807) is 0 Å². The molecule has 0 spiro atoms. The van der Waals surface area contributed by atoms with Gasteiger partial charge in [0.1, 0.15) is 0 Å². The van der Waals surface area contributed by atoms with Crippen molar-refractivity contribution in [1.82, 2.24) is 9.80 Å². The Kier molecular flexibility index (Phi) is 5.18. The van der Waals surface area contributed by atoms with E-state index in [0.29, 0.717) is 12.6 Å². The molecule has 1 fully saturated rings. The maximum Gasteiger partial charge on any atom is 0.0753 e. The molecule has 0 bridgehead atoms. The minimum Gasteiger partial charge on any atom is -0.389 e. The van der Waals surface area contributed by atoms with Gasteiger partial charge in [-0.15, -0.1) is 0 Å². The van der Waals surface area contributed by atoms with E-state index in [2.05, 4.69) is 23.6 Å². The standard InChI is InChI=1S/C12H27N3O/c1-11(2)15-8-6-14(7-9-15)5-4-12(3,16)10-13/h11,16H,4-10,13H2,1-3H3. The summed E-state index contributed by atoms with van der Waals surface area (Å²) >= 11 is 0. The van der Waals surface area contributed by atoms with Crippen LogP contribution in [0.4, 0.5) is 0 Å². The highest BCUT2D eigenvalue weighted by molar-refractivity contribution is 4.79. The summed E-state index contributed by atoms with van der Waals surface area (Å²) < 4.78 is 0. The number of aliphatic hydroxyl groups is 1. The van der Waals surface area contributed by atoms with E-state index in [4.69, 9.17) is 5.73 Å². The molecule has 1 aliphatic heterocycles. The van der Waals surface area contributed by atoms with E-state index in [0.717, 1.165) is 39.1 Å². The van der Waals surface area contributed by atoms with E-state index in [1.165, 1.54) is 0 Å². The Hall–Kier alpha value is -0.160. The van der Waals surface area contributed by atoms with E-state index < -0.39 is 5.60 Å². The highest BCUT2D eigenvalue weighted by atomic mass is 16.3. The molecule has 0 amide bonds. The number of piperazine rings is 1. The maximum atomic E-state index is 9.83. The molecule has 96 valence electrons. The summed E-state index contributed by atoms with van der Waals surface area (Å²) in [5.41, 5.74) is 4.81. The fourth-order valence-electron chi connectivity index (χ4n) is 2.00. The number of rotatable bonds is 5. The second-order valence-electron chi connectivity index (χ2n) is 5.42. The quantitative estimate of drug-likeness (QED) is 0.703. The molecule has 0 aromatic rings. The lowest BCUT2D eigenvalue weighted by molar-refractivity contribution is 0.0362. The first kappa shape index (κ1) is 13.9. The monoisotopic (exact) mass is 229 g/mol. The van der Waals surface area contributed by atoms with Gasteiger partial charge in [-0.3, -0.25) is 4.90 Å². The Morgan fingerprint density at radius 3 is 2.25 bits per heavy atom. The predicted octanol–water partition coefficient (Wildman–Crippen LogP) is 0.112. The topological polar surface area (TPSA) is 52.7 Å². The zero-order valence-corrected chi connectivity index (χ0v) is 10.9. The molecule has 4 heteroatoms. The van der Waals surface area contributed by atoms with Gasteiger partial charge in [0, 0.05) is 45.3 Å². The molecule has 0 saturated carbocycles. The fourth-order valence-corrected chi connectivity index (χ4v) is 2.00. The smallest absolute Gasteiger partial charge is 0.0753 e. The van der Waals surface area contributed by atoms with Crippen molar-refractivity contribution in [2.45, 2.75) is 38.8 Å². The second kappa shape index (κ2) is 5.96. The van der Waals surface area contributed by atoms with Crippen molar-refractivity contribution in [1.29, 1.82) is 0 Å². The summed E-state index contributed by atoms with van der Waals surface area (Å²) in [5.74, 6) is 0. The Morgan fingerprint density at radius 2 is 1.81 bits per heavy atom. The number of nitrogens with two attached hydrogens (primary N) is 1. The van der Waals surface area contributed by atoms with Gasteiger partial charge in [-0.1, -0.05) is 0 Å². The highest BCUT2D eigenvalue weighted by Gasteiger charge is 2.22. The first-order valence-corrected chi connectivity index (χ1v) is 6.33. The summed E-state index contributed by atoms with van der Waals surface area (Å²) in [6, 6.07) is 0.647. The molecule has 1 saturated heterocycles. The SMILES string of the molecule is CC(C)N1CCN(CCC(C)(O)CN)CC1. The summed E-state index contributed by atoms with van der Waals surface area (Å²) in [6.45, 7) is 12.1. The van der Waals surface area contributed by atoms with Crippen molar-refractivity contribution in [3.8, 4) is 0 Å². The average molecular weight is 229 g/mol. The van der Waals surface area contributed by atoms with Crippen molar-refractivity contribution in [3.05, 3.63) is 0 Å². The predicted molar refractivity (Wildman–Crippen MR) is 67.4 cm³/mol. The van der Waals surface area contributed by atoms with Crippen LogP contribution < -0.4 is 5.73 Å². The lowest BCUT2D eigenvalue weighted by Crippen LogP contribution is -2.50. The van der Waals surface area contributed by atoms with Crippen molar-refractivity contribution < 1.29 is 5.11 Å². The highest BCUT2D eigenvalue weighted by Crippen LogP contribution is 2.11. The van der Waals surface area contributed by atoms with Crippen LogP contribution in [0.2, 0.25) is 0 Å². The average Bonchev–Trinajstić information content (AvgIpc) is 2.27. The largest absolute Gasteiger partial charge is 0.389 e. The molecule has 0 radical (unpaired) electrons. The molecule has 1 unspecified atom stereocenters. The number of hydrogen-bond donors (Lipinski definition) is 2. The van der Waals surface area contributed by atoms with Crippen LogP contribution in [-0.2, 0) is 0 Å². The second-order valence-corrected chi connectivity index (χ2v) is 5.42. The van der Waals surface area contributed by atoms with Gasteiger partial charge in [0.25, 0.3) is 0 Å². The first-order valence-electron chi connectivity index (χ1n) is 6.33. The van der Waals surface area contributed by atoms with Gasteiger partial charge in [0.15, 0.2) is 0 Å². The van der Waals surface area contributed by atoms with Gasteiger partial charge in [-0.25, -0.2) is 0 Å².